The lowest BCUT2D eigenvalue weighted by Crippen LogP contribution is -2.19. The van der Waals surface area contributed by atoms with Crippen molar-refractivity contribution in [1.29, 1.82) is 0 Å². The van der Waals surface area contributed by atoms with Gasteiger partial charge in [0.1, 0.15) is 5.75 Å². The molecule has 1 saturated carbocycles. The molecule has 2 N–H and O–H groups in total. The summed E-state index contributed by atoms with van der Waals surface area (Å²) < 4.78 is 19.8. The molecular weight excluding hydrogens is 435 g/mol. The number of ether oxygens (including phenoxy) is 1. The molecule has 0 saturated heterocycles. The summed E-state index contributed by atoms with van der Waals surface area (Å²) in [6.45, 7) is 0. The number of nitrogens with zero attached hydrogens (tertiary/aromatic N) is 2. The van der Waals surface area contributed by atoms with Crippen molar-refractivity contribution in [2.24, 2.45) is 0 Å². The van der Waals surface area contributed by atoms with Gasteiger partial charge < -0.3 is 9.72 Å². The molecule has 4 heterocycles. The lowest BCUT2D eigenvalue weighted by Gasteiger charge is -2.22. The van der Waals surface area contributed by atoms with Crippen LogP contribution in [0.25, 0.3) is 44.0 Å². The Morgan fingerprint density at radius 2 is 1.88 bits per heavy atom. The summed E-state index contributed by atoms with van der Waals surface area (Å²) in [7, 11) is 0. The summed E-state index contributed by atoms with van der Waals surface area (Å²) in [5, 5.41) is 8.52. The van der Waals surface area contributed by atoms with Crippen LogP contribution in [0.4, 0.5) is 4.39 Å². The molecule has 0 bridgehead atoms. The van der Waals surface area contributed by atoms with E-state index in [-0.39, 0.29) is 11.2 Å². The molecule has 0 atom stereocenters. The number of aromatic amines is 2. The molecule has 1 aromatic carbocycles. The third-order valence-electron chi connectivity index (χ3n) is 6.23. The van der Waals surface area contributed by atoms with E-state index in [1.165, 1.54) is 25.3 Å². The van der Waals surface area contributed by atoms with E-state index in [4.69, 9.17) is 4.74 Å². The highest BCUT2D eigenvalue weighted by molar-refractivity contribution is 7.14. The third-order valence-corrected chi connectivity index (χ3v) is 7.14. The average Bonchev–Trinajstić information content (AvgIpc) is 3.59. The van der Waals surface area contributed by atoms with Crippen molar-refractivity contribution in [1.82, 2.24) is 20.2 Å². The van der Waals surface area contributed by atoms with Crippen LogP contribution in [-0.2, 0) is 0 Å². The van der Waals surface area contributed by atoms with Crippen LogP contribution in [0.1, 0.15) is 32.1 Å². The number of aromatic nitrogens is 4. The van der Waals surface area contributed by atoms with Crippen molar-refractivity contribution < 1.29 is 9.13 Å². The van der Waals surface area contributed by atoms with Crippen molar-refractivity contribution in [3.63, 3.8) is 0 Å². The van der Waals surface area contributed by atoms with Crippen molar-refractivity contribution in [3.05, 3.63) is 66.1 Å². The molecule has 5 nitrogen and oxygen atoms in total. The highest BCUT2D eigenvalue weighted by atomic mass is 32.1. The van der Waals surface area contributed by atoms with Crippen LogP contribution >= 0.6 is 11.3 Å². The van der Waals surface area contributed by atoms with Gasteiger partial charge in [0.25, 0.3) is 0 Å². The van der Waals surface area contributed by atoms with Gasteiger partial charge >= 0.3 is 0 Å². The number of thiophene rings is 1. The molecule has 0 amide bonds. The molecule has 0 spiro atoms. The van der Waals surface area contributed by atoms with Crippen LogP contribution < -0.4 is 4.74 Å². The average molecular weight is 459 g/mol. The maximum Gasteiger partial charge on any atom is 0.176 e. The lowest BCUT2D eigenvalue weighted by molar-refractivity contribution is 0.154. The maximum absolute atomic E-state index is 13.6. The highest BCUT2D eigenvalue weighted by Crippen LogP contribution is 2.36. The maximum atomic E-state index is 13.6. The van der Waals surface area contributed by atoms with E-state index in [0.29, 0.717) is 0 Å². The lowest BCUT2D eigenvalue weighted by atomic mass is 9.98. The fourth-order valence-corrected chi connectivity index (χ4v) is 5.35. The van der Waals surface area contributed by atoms with E-state index >= 15 is 0 Å². The zero-order chi connectivity index (χ0) is 22.2. The fraction of sp³-hybridized carbons (Fsp3) is 0.231. The molecule has 6 rings (SSSR count). The van der Waals surface area contributed by atoms with Gasteiger partial charge in [0.05, 0.1) is 29.4 Å². The highest BCUT2D eigenvalue weighted by Gasteiger charge is 2.16. The minimum atomic E-state index is -0.181. The second-order valence-corrected chi connectivity index (χ2v) is 9.54. The number of pyridine rings is 1. The standard InChI is InChI=1S/C26H23FN4OS/c27-26-10-9-25(33-26)19-7-4-8-21-20(19)12-23(29-21)24-13-22(30-31-24)16-11-18(15-28-14-16)32-17-5-2-1-3-6-17/h4,7-15,17,29H,1-3,5-6H2,(H,30,31). The molecule has 1 fully saturated rings. The van der Waals surface area contributed by atoms with E-state index < -0.39 is 0 Å². The van der Waals surface area contributed by atoms with E-state index in [0.717, 1.165) is 73.9 Å². The minimum absolute atomic E-state index is 0.181. The van der Waals surface area contributed by atoms with Crippen LogP contribution in [-0.4, -0.2) is 26.3 Å². The van der Waals surface area contributed by atoms with Crippen LogP contribution in [0, 0.1) is 5.13 Å². The van der Waals surface area contributed by atoms with Crippen molar-refractivity contribution in [3.8, 4) is 38.8 Å². The van der Waals surface area contributed by atoms with E-state index in [1.54, 1.807) is 6.20 Å². The number of rotatable bonds is 5. The predicted molar refractivity (Wildman–Crippen MR) is 130 cm³/mol. The van der Waals surface area contributed by atoms with Gasteiger partial charge in [-0.05, 0) is 62.1 Å². The molecule has 1 aliphatic carbocycles. The number of halogens is 1. The summed E-state index contributed by atoms with van der Waals surface area (Å²) in [6.07, 6.45) is 9.84. The summed E-state index contributed by atoms with van der Waals surface area (Å²) in [6, 6.07) is 15.5. The Bertz CT molecular complexity index is 1410. The Kier molecular flexibility index (Phi) is 5.19. The van der Waals surface area contributed by atoms with Gasteiger partial charge in [-0.15, -0.1) is 11.3 Å². The van der Waals surface area contributed by atoms with E-state index in [1.807, 2.05) is 42.6 Å². The molecule has 33 heavy (non-hydrogen) atoms. The number of hydrogen-bond acceptors (Lipinski definition) is 4. The fourth-order valence-electron chi connectivity index (χ4n) is 4.58. The Balaban J connectivity index is 1.29. The zero-order valence-corrected chi connectivity index (χ0v) is 18.8. The molecule has 4 aromatic heterocycles. The number of hydrogen-bond donors (Lipinski definition) is 2. The van der Waals surface area contributed by atoms with Gasteiger partial charge in [-0.2, -0.15) is 9.49 Å². The number of benzene rings is 1. The molecule has 1 aliphatic rings. The summed E-state index contributed by atoms with van der Waals surface area (Å²) in [5.74, 6) is 0.794. The van der Waals surface area contributed by atoms with Crippen LogP contribution in [0.15, 0.2) is 60.9 Å². The molecule has 0 radical (unpaired) electrons. The topological polar surface area (TPSA) is 66.6 Å². The largest absolute Gasteiger partial charge is 0.489 e. The smallest absolute Gasteiger partial charge is 0.176 e. The van der Waals surface area contributed by atoms with Gasteiger partial charge in [-0.25, -0.2) is 0 Å². The molecule has 166 valence electrons. The first kappa shape index (κ1) is 20.2. The summed E-state index contributed by atoms with van der Waals surface area (Å²) in [4.78, 5) is 8.74. The van der Waals surface area contributed by atoms with Crippen molar-refractivity contribution in [2.75, 3.05) is 0 Å². The first-order valence-electron chi connectivity index (χ1n) is 11.3. The predicted octanol–water partition coefficient (Wildman–Crippen LogP) is 7.20. The SMILES string of the molecule is Fc1ccc(-c2cccc3[nH]c(-c4cc(-c5cncc(OC6CCCCC6)c5)n[nH]4)cc23)s1. The molecular formula is C26H23FN4OS. The summed E-state index contributed by atoms with van der Waals surface area (Å²) >= 11 is 1.16. The second kappa shape index (κ2) is 8.48. The Morgan fingerprint density at radius 3 is 2.73 bits per heavy atom. The van der Waals surface area contributed by atoms with Gasteiger partial charge in [0, 0.05) is 33.1 Å². The van der Waals surface area contributed by atoms with Crippen LogP contribution in [0.5, 0.6) is 5.75 Å². The first-order valence-corrected chi connectivity index (χ1v) is 12.1. The van der Waals surface area contributed by atoms with Crippen LogP contribution in [0.3, 0.4) is 0 Å². The normalized spacial score (nSPS) is 14.7. The summed E-state index contributed by atoms with van der Waals surface area (Å²) in [5.41, 5.74) is 5.54. The number of nitrogens with one attached hydrogen (secondary N) is 2. The van der Waals surface area contributed by atoms with Crippen LogP contribution in [0.2, 0.25) is 0 Å². The molecule has 0 aliphatic heterocycles. The minimum Gasteiger partial charge on any atom is -0.489 e. The van der Waals surface area contributed by atoms with E-state index in [2.05, 4.69) is 26.2 Å². The second-order valence-electron chi connectivity index (χ2n) is 8.51. The zero-order valence-electron chi connectivity index (χ0n) is 18.0. The number of fused-ring (bicyclic) bond motifs is 1. The van der Waals surface area contributed by atoms with Crippen molar-refractivity contribution >= 4 is 22.2 Å². The van der Waals surface area contributed by atoms with Gasteiger partial charge in [0.15, 0.2) is 5.13 Å². The Labute approximate surface area is 194 Å². The van der Waals surface area contributed by atoms with Gasteiger partial charge in [0.2, 0.25) is 0 Å². The Hall–Kier alpha value is -3.45. The van der Waals surface area contributed by atoms with Gasteiger partial charge in [-0.1, -0.05) is 18.6 Å². The molecule has 0 unspecified atom stereocenters. The third kappa shape index (κ3) is 4.04. The van der Waals surface area contributed by atoms with Gasteiger partial charge in [-0.3, -0.25) is 10.1 Å². The Morgan fingerprint density at radius 1 is 0.970 bits per heavy atom. The first-order chi connectivity index (χ1) is 16.2. The number of H-pyrrole nitrogens is 2. The monoisotopic (exact) mass is 458 g/mol. The molecule has 7 heteroatoms. The quantitative estimate of drug-likeness (QED) is 0.293. The van der Waals surface area contributed by atoms with E-state index in [9.17, 15) is 4.39 Å². The van der Waals surface area contributed by atoms with Crippen molar-refractivity contribution in [2.45, 2.75) is 38.2 Å². The molecule has 5 aromatic rings.